The normalized spacial score (nSPS) is 22.7. The van der Waals surface area contributed by atoms with Gasteiger partial charge in [-0.15, -0.1) is 0 Å². The van der Waals surface area contributed by atoms with E-state index in [0.29, 0.717) is 12.0 Å². The van der Waals surface area contributed by atoms with Gasteiger partial charge in [0.15, 0.2) is 0 Å². The van der Waals surface area contributed by atoms with Crippen molar-refractivity contribution < 1.29 is 9.53 Å². The summed E-state index contributed by atoms with van der Waals surface area (Å²) in [5.41, 5.74) is 1.30. The SMILES string of the molecule is COc1ccc(C2CCN(C(=O)NC3CCCCCC3)C2)cc1. The molecular formula is C19H28N2O2. The van der Waals surface area contributed by atoms with Gasteiger partial charge >= 0.3 is 6.03 Å². The minimum absolute atomic E-state index is 0.132. The van der Waals surface area contributed by atoms with E-state index in [1.165, 1.54) is 31.2 Å². The largest absolute Gasteiger partial charge is 0.497 e. The Morgan fingerprint density at radius 1 is 1.09 bits per heavy atom. The fourth-order valence-corrected chi connectivity index (χ4v) is 3.78. The van der Waals surface area contributed by atoms with Crippen molar-refractivity contribution in [1.82, 2.24) is 10.2 Å². The molecule has 2 amide bonds. The average Bonchev–Trinajstić information content (AvgIpc) is 2.94. The van der Waals surface area contributed by atoms with E-state index in [4.69, 9.17) is 4.74 Å². The molecule has 2 fully saturated rings. The minimum Gasteiger partial charge on any atom is -0.497 e. The fourth-order valence-electron chi connectivity index (χ4n) is 3.78. The van der Waals surface area contributed by atoms with Crippen LogP contribution >= 0.6 is 0 Å². The van der Waals surface area contributed by atoms with Crippen molar-refractivity contribution in [2.24, 2.45) is 0 Å². The standard InChI is InChI=1S/C19H28N2O2/c1-23-18-10-8-15(9-11-18)16-12-13-21(14-16)19(22)20-17-6-4-2-3-5-7-17/h8-11,16-17H,2-7,12-14H2,1H3,(H,20,22). The summed E-state index contributed by atoms with van der Waals surface area (Å²) >= 11 is 0. The number of hydrogen-bond acceptors (Lipinski definition) is 2. The zero-order valence-electron chi connectivity index (χ0n) is 14.1. The molecule has 2 aliphatic rings. The molecule has 1 atom stereocenters. The number of amides is 2. The molecule has 0 radical (unpaired) electrons. The first-order valence-electron chi connectivity index (χ1n) is 8.95. The van der Waals surface area contributed by atoms with E-state index < -0.39 is 0 Å². The number of carbonyl (C=O) groups is 1. The second-order valence-electron chi connectivity index (χ2n) is 6.84. The monoisotopic (exact) mass is 316 g/mol. The third-order valence-corrected chi connectivity index (χ3v) is 5.25. The van der Waals surface area contributed by atoms with Gasteiger partial charge in [0.25, 0.3) is 0 Å². The molecule has 126 valence electrons. The Morgan fingerprint density at radius 2 is 1.78 bits per heavy atom. The zero-order chi connectivity index (χ0) is 16.1. The van der Waals surface area contributed by atoms with E-state index >= 15 is 0 Å². The average molecular weight is 316 g/mol. The third kappa shape index (κ3) is 4.18. The van der Waals surface area contributed by atoms with Gasteiger partial charge < -0.3 is 15.0 Å². The number of nitrogens with one attached hydrogen (secondary N) is 1. The van der Waals surface area contributed by atoms with Crippen LogP contribution in [0.4, 0.5) is 4.79 Å². The molecule has 4 heteroatoms. The van der Waals surface area contributed by atoms with Crippen LogP contribution in [-0.4, -0.2) is 37.2 Å². The Bertz CT molecular complexity index is 507. The van der Waals surface area contributed by atoms with Crippen LogP contribution in [0.15, 0.2) is 24.3 Å². The van der Waals surface area contributed by atoms with Gasteiger partial charge in [-0.1, -0.05) is 37.8 Å². The molecule has 1 aromatic rings. The second-order valence-corrected chi connectivity index (χ2v) is 6.84. The molecule has 0 aromatic heterocycles. The van der Waals surface area contributed by atoms with Crippen molar-refractivity contribution in [3.8, 4) is 5.75 Å². The minimum atomic E-state index is 0.132. The number of carbonyl (C=O) groups excluding carboxylic acids is 1. The van der Waals surface area contributed by atoms with Crippen LogP contribution in [0.5, 0.6) is 5.75 Å². The highest BCUT2D eigenvalue weighted by atomic mass is 16.5. The number of rotatable bonds is 3. The molecule has 4 nitrogen and oxygen atoms in total. The number of hydrogen-bond donors (Lipinski definition) is 1. The topological polar surface area (TPSA) is 41.6 Å². The quantitative estimate of drug-likeness (QED) is 0.859. The summed E-state index contributed by atoms with van der Waals surface area (Å²) in [5.74, 6) is 1.33. The van der Waals surface area contributed by atoms with Crippen molar-refractivity contribution in [2.45, 2.75) is 56.9 Å². The van der Waals surface area contributed by atoms with Crippen molar-refractivity contribution in [3.05, 3.63) is 29.8 Å². The van der Waals surface area contributed by atoms with E-state index in [0.717, 1.165) is 38.1 Å². The first-order chi connectivity index (χ1) is 11.3. The molecule has 1 saturated carbocycles. The molecule has 1 aromatic carbocycles. The smallest absolute Gasteiger partial charge is 0.317 e. The van der Waals surface area contributed by atoms with Crippen molar-refractivity contribution in [3.63, 3.8) is 0 Å². The summed E-state index contributed by atoms with van der Waals surface area (Å²) in [6.07, 6.45) is 8.46. The Labute approximate surface area is 139 Å². The van der Waals surface area contributed by atoms with E-state index in [9.17, 15) is 4.79 Å². The van der Waals surface area contributed by atoms with Gasteiger partial charge in [0, 0.05) is 25.0 Å². The lowest BCUT2D eigenvalue weighted by Crippen LogP contribution is -2.43. The first-order valence-corrected chi connectivity index (χ1v) is 8.95. The third-order valence-electron chi connectivity index (χ3n) is 5.25. The summed E-state index contributed by atoms with van der Waals surface area (Å²) in [6, 6.07) is 8.76. The Hall–Kier alpha value is -1.71. The van der Waals surface area contributed by atoms with Crippen LogP contribution in [0.1, 0.15) is 56.4 Å². The van der Waals surface area contributed by atoms with Gasteiger partial charge in [0.2, 0.25) is 0 Å². The van der Waals surface area contributed by atoms with Crippen LogP contribution in [0, 0.1) is 0 Å². The maximum atomic E-state index is 12.5. The lowest BCUT2D eigenvalue weighted by atomic mass is 9.98. The first kappa shape index (κ1) is 16.2. The van der Waals surface area contributed by atoms with Gasteiger partial charge in [-0.25, -0.2) is 4.79 Å². The van der Waals surface area contributed by atoms with Crippen molar-refractivity contribution in [1.29, 1.82) is 0 Å². The van der Waals surface area contributed by atoms with Crippen LogP contribution in [0.2, 0.25) is 0 Å². The van der Waals surface area contributed by atoms with Crippen LogP contribution in [0.25, 0.3) is 0 Å². The highest BCUT2D eigenvalue weighted by Gasteiger charge is 2.28. The van der Waals surface area contributed by atoms with Crippen molar-refractivity contribution >= 4 is 6.03 Å². The molecule has 1 unspecified atom stereocenters. The van der Waals surface area contributed by atoms with E-state index in [2.05, 4.69) is 17.4 Å². The predicted molar refractivity (Wildman–Crippen MR) is 91.9 cm³/mol. The summed E-state index contributed by atoms with van der Waals surface area (Å²) in [5, 5.41) is 3.26. The molecule has 1 aliphatic heterocycles. The fraction of sp³-hybridized carbons (Fsp3) is 0.632. The number of urea groups is 1. The summed E-state index contributed by atoms with van der Waals surface area (Å²) in [6.45, 7) is 1.68. The van der Waals surface area contributed by atoms with Gasteiger partial charge in [-0.2, -0.15) is 0 Å². The Kier molecular flexibility index (Phi) is 5.42. The number of nitrogens with zero attached hydrogens (tertiary/aromatic N) is 1. The highest BCUT2D eigenvalue weighted by molar-refractivity contribution is 5.75. The Balaban J connectivity index is 1.52. The van der Waals surface area contributed by atoms with Crippen LogP contribution < -0.4 is 10.1 Å². The second kappa shape index (κ2) is 7.71. The summed E-state index contributed by atoms with van der Waals surface area (Å²) in [4.78, 5) is 14.5. The molecule has 1 aliphatic carbocycles. The van der Waals surface area contributed by atoms with E-state index in [-0.39, 0.29) is 6.03 Å². The number of likely N-dealkylation sites (tertiary alicyclic amines) is 1. The van der Waals surface area contributed by atoms with E-state index in [1.807, 2.05) is 17.0 Å². The van der Waals surface area contributed by atoms with E-state index in [1.54, 1.807) is 7.11 Å². The van der Waals surface area contributed by atoms with Gasteiger partial charge in [-0.3, -0.25) is 0 Å². The lowest BCUT2D eigenvalue weighted by molar-refractivity contribution is 0.202. The maximum absolute atomic E-state index is 12.5. The molecule has 1 saturated heterocycles. The molecular weight excluding hydrogens is 288 g/mol. The predicted octanol–water partition coefficient (Wildman–Crippen LogP) is 3.92. The molecule has 1 N–H and O–H groups in total. The zero-order valence-corrected chi connectivity index (χ0v) is 14.1. The number of benzene rings is 1. The maximum Gasteiger partial charge on any atom is 0.317 e. The number of ether oxygens (including phenoxy) is 1. The van der Waals surface area contributed by atoms with Crippen LogP contribution in [-0.2, 0) is 0 Å². The molecule has 0 spiro atoms. The highest BCUT2D eigenvalue weighted by Crippen LogP contribution is 2.28. The van der Waals surface area contributed by atoms with Gasteiger partial charge in [-0.05, 0) is 37.0 Å². The molecule has 23 heavy (non-hydrogen) atoms. The number of methoxy groups -OCH3 is 1. The Morgan fingerprint density at radius 3 is 2.43 bits per heavy atom. The van der Waals surface area contributed by atoms with Crippen molar-refractivity contribution in [2.75, 3.05) is 20.2 Å². The van der Waals surface area contributed by atoms with Gasteiger partial charge in [0.05, 0.1) is 7.11 Å². The lowest BCUT2D eigenvalue weighted by Gasteiger charge is -2.22. The molecule has 1 heterocycles. The van der Waals surface area contributed by atoms with Gasteiger partial charge in [0.1, 0.15) is 5.75 Å². The molecule has 3 rings (SSSR count). The summed E-state index contributed by atoms with van der Waals surface area (Å²) in [7, 11) is 1.68. The summed E-state index contributed by atoms with van der Waals surface area (Å²) < 4.78 is 5.21. The van der Waals surface area contributed by atoms with Crippen LogP contribution in [0.3, 0.4) is 0 Å². The molecule has 0 bridgehead atoms.